The van der Waals surface area contributed by atoms with E-state index in [4.69, 9.17) is 20.8 Å². The molecule has 0 fully saturated rings. The molecule has 7 heteroatoms. The van der Waals surface area contributed by atoms with Crippen molar-refractivity contribution in [3.05, 3.63) is 104 Å². The van der Waals surface area contributed by atoms with E-state index in [0.717, 1.165) is 11.3 Å². The van der Waals surface area contributed by atoms with Crippen LogP contribution < -0.4 is 10.7 Å². The smallest absolute Gasteiger partial charge is 0.336 e. The number of halogens is 1. The molecule has 0 saturated heterocycles. The van der Waals surface area contributed by atoms with Gasteiger partial charge in [-0.2, -0.15) is 0 Å². The van der Waals surface area contributed by atoms with Crippen LogP contribution >= 0.6 is 11.6 Å². The highest BCUT2D eigenvalue weighted by molar-refractivity contribution is 6.31. The molecule has 2 aromatic carbocycles. The Labute approximate surface area is 207 Å². The van der Waals surface area contributed by atoms with Gasteiger partial charge >= 0.3 is 5.97 Å². The third-order valence-corrected chi connectivity index (χ3v) is 6.77. The van der Waals surface area contributed by atoms with Gasteiger partial charge in [0.05, 0.1) is 29.7 Å². The Balaban J connectivity index is 1.56. The van der Waals surface area contributed by atoms with Gasteiger partial charge < -0.3 is 14.5 Å². The first-order valence-corrected chi connectivity index (χ1v) is 12.0. The third-order valence-electron chi connectivity index (χ3n) is 6.53. The summed E-state index contributed by atoms with van der Waals surface area (Å²) in [6, 6.07) is 14.5. The summed E-state index contributed by atoms with van der Waals surface area (Å²) in [7, 11) is 0. The second kappa shape index (κ2) is 9.55. The number of benzene rings is 2. The Morgan fingerprint density at radius 3 is 2.74 bits per heavy atom. The second-order valence-electron chi connectivity index (χ2n) is 8.80. The van der Waals surface area contributed by atoms with Crippen LogP contribution in [-0.4, -0.2) is 18.4 Å². The molecule has 0 bridgehead atoms. The van der Waals surface area contributed by atoms with Crippen molar-refractivity contribution in [2.45, 2.75) is 38.5 Å². The molecule has 0 spiro atoms. The first-order chi connectivity index (χ1) is 16.9. The van der Waals surface area contributed by atoms with Gasteiger partial charge in [-0.05, 0) is 43.5 Å². The quantitative estimate of drug-likeness (QED) is 0.496. The van der Waals surface area contributed by atoms with Crippen LogP contribution in [-0.2, 0) is 20.7 Å². The Morgan fingerprint density at radius 2 is 1.94 bits per heavy atom. The molecule has 1 aliphatic carbocycles. The van der Waals surface area contributed by atoms with Crippen molar-refractivity contribution in [1.29, 1.82) is 0 Å². The first kappa shape index (κ1) is 23.1. The Bertz CT molecular complexity index is 1450. The van der Waals surface area contributed by atoms with Crippen LogP contribution in [0, 0.1) is 0 Å². The molecule has 35 heavy (non-hydrogen) atoms. The normalized spacial score (nSPS) is 17.9. The van der Waals surface area contributed by atoms with E-state index in [1.165, 1.54) is 6.26 Å². The zero-order valence-electron chi connectivity index (χ0n) is 19.2. The van der Waals surface area contributed by atoms with E-state index in [2.05, 4.69) is 5.32 Å². The molecular formula is C28H24ClNO5. The predicted octanol–water partition coefficient (Wildman–Crippen LogP) is 5.20. The Kier molecular flexibility index (Phi) is 6.31. The summed E-state index contributed by atoms with van der Waals surface area (Å²) in [6.45, 7) is 1.94. The number of dihydropyridines is 1. The van der Waals surface area contributed by atoms with Crippen molar-refractivity contribution in [3.8, 4) is 0 Å². The van der Waals surface area contributed by atoms with Crippen molar-refractivity contribution in [1.82, 2.24) is 5.32 Å². The van der Waals surface area contributed by atoms with Crippen LogP contribution in [0.5, 0.6) is 0 Å². The van der Waals surface area contributed by atoms with E-state index >= 15 is 0 Å². The van der Waals surface area contributed by atoms with Crippen molar-refractivity contribution >= 4 is 34.3 Å². The van der Waals surface area contributed by atoms with Crippen LogP contribution in [0.2, 0.25) is 5.02 Å². The highest BCUT2D eigenvalue weighted by atomic mass is 35.5. The maximum Gasteiger partial charge on any atom is 0.336 e. The lowest BCUT2D eigenvalue weighted by molar-refractivity contribution is -0.139. The molecule has 2 heterocycles. The maximum atomic E-state index is 13.6. The van der Waals surface area contributed by atoms with Gasteiger partial charge in [0.25, 0.3) is 0 Å². The fourth-order valence-corrected chi connectivity index (χ4v) is 5.04. The van der Waals surface area contributed by atoms with Gasteiger partial charge in [-0.1, -0.05) is 41.9 Å². The minimum Gasteiger partial charge on any atom is -0.464 e. The molecule has 0 saturated carbocycles. The van der Waals surface area contributed by atoms with Gasteiger partial charge in [-0.3, -0.25) is 9.59 Å². The first-order valence-electron chi connectivity index (χ1n) is 11.6. The molecule has 6 nitrogen and oxygen atoms in total. The summed E-state index contributed by atoms with van der Waals surface area (Å²) in [5.41, 5.74) is 3.32. The molecule has 3 aromatic rings. The monoisotopic (exact) mass is 489 g/mol. The molecule has 2 aliphatic rings. The van der Waals surface area contributed by atoms with Crippen molar-refractivity contribution < 1.29 is 18.7 Å². The summed E-state index contributed by atoms with van der Waals surface area (Å²) >= 11 is 6.14. The van der Waals surface area contributed by atoms with Crippen LogP contribution in [0.3, 0.4) is 0 Å². The van der Waals surface area contributed by atoms with Gasteiger partial charge in [-0.25, -0.2) is 4.79 Å². The van der Waals surface area contributed by atoms with Crippen molar-refractivity contribution in [2.75, 3.05) is 6.61 Å². The maximum absolute atomic E-state index is 13.6. The minimum atomic E-state index is -0.872. The summed E-state index contributed by atoms with van der Waals surface area (Å²) in [5.74, 6) is -1.52. The van der Waals surface area contributed by atoms with E-state index < -0.39 is 11.9 Å². The molecule has 178 valence electrons. The van der Waals surface area contributed by atoms with Crippen LogP contribution in [0.4, 0.5) is 0 Å². The highest BCUT2D eigenvalue weighted by Gasteiger charge is 2.40. The SMILES string of the molecule is CC1=C(C(=O)OCCc2ccccc2)[C@H](c2coc3ccc(Cl)cc3c2=O)C2=C(CCCC2=O)N1. The van der Waals surface area contributed by atoms with Crippen molar-refractivity contribution in [3.63, 3.8) is 0 Å². The average molecular weight is 490 g/mol. The molecule has 0 unspecified atom stereocenters. The lowest BCUT2D eigenvalue weighted by Gasteiger charge is -2.33. The third kappa shape index (κ3) is 4.42. The highest BCUT2D eigenvalue weighted by Crippen LogP contribution is 2.42. The number of nitrogens with one attached hydrogen (secondary N) is 1. The summed E-state index contributed by atoms with van der Waals surface area (Å²) in [6.07, 6.45) is 3.64. The Hall–Kier alpha value is -3.64. The van der Waals surface area contributed by atoms with Gasteiger partial charge in [0, 0.05) is 40.4 Å². The van der Waals surface area contributed by atoms with Gasteiger partial charge in [0.15, 0.2) is 11.2 Å². The van der Waals surface area contributed by atoms with E-state index in [9.17, 15) is 14.4 Å². The van der Waals surface area contributed by atoms with Gasteiger partial charge in [-0.15, -0.1) is 0 Å². The topological polar surface area (TPSA) is 85.6 Å². The molecule has 0 radical (unpaired) electrons. The number of hydrogen-bond donors (Lipinski definition) is 1. The molecule has 0 amide bonds. The number of hydrogen-bond acceptors (Lipinski definition) is 6. The lowest BCUT2D eigenvalue weighted by atomic mass is 9.75. The van der Waals surface area contributed by atoms with E-state index in [0.29, 0.717) is 52.9 Å². The largest absolute Gasteiger partial charge is 0.464 e. The number of ketones is 1. The van der Waals surface area contributed by atoms with E-state index in [1.54, 1.807) is 25.1 Å². The number of fused-ring (bicyclic) bond motifs is 1. The summed E-state index contributed by atoms with van der Waals surface area (Å²) in [4.78, 5) is 40.1. The molecule has 1 atom stereocenters. The molecule has 5 rings (SSSR count). The lowest BCUT2D eigenvalue weighted by Crippen LogP contribution is -2.36. The van der Waals surface area contributed by atoms with Crippen LogP contribution in [0.15, 0.2) is 86.5 Å². The Morgan fingerprint density at radius 1 is 1.14 bits per heavy atom. The molecule has 1 aromatic heterocycles. The standard InChI is InChI=1S/C28H24ClNO5/c1-16-24(28(33)34-13-12-17-6-3-2-4-7-17)25(26-21(30-16)8-5-9-22(26)31)20-15-35-23-11-10-18(29)14-19(23)27(20)32/h2-4,6-7,10-11,14-15,25,30H,5,8-9,12-13H2,1H3/t25-/m0/s1. The summed E-state index contributed by atoms with van der Waals surface area (Å²) < 4.78 is 11.4. The zero-order chi connectivity index (χ0) is 24.5. The fourth-order valence-electron chi connectivity index (χ4n) is 4.87. The number of esters is 1. The predicted molar refractivity (Wildman–Crippen MR) is 133 cm³/mol. The number of carbonyl (C=O) groups is 2. The number of ether oxygens (including phenoxy) is 1. The number of allylic oxidation sites excluding steroid dienone is 3. The number of Topliss-reactive ketones (excluding diaryl/α,β-unsaturated/α-hetero) is 1. The van der Waals surface area contributed by atoms with E-state index in [1.807, 2.05) is 30.3 Å². The van der Waals surface area contributed by atoms with Crippen molar-refractivity contribution in [2.24, 2.45) is 0 Å². The van der Waals surface area contributed by atoms with Gasteiger partial charge in [0.2, 0.25) is 0 Å². The van der Waals surface area contributed by atoms with Gasteiger partial charge in [0.1, 0.15) is 5.58 Å². The molecule has 1 aliphatic heterocycles. The number of carbonyl (C=O) groups excluding carboxylic acids is 2. The van der Waals surface area contributed by atoms with Crippen LogP contribution in [0.1, 0.15) is 43.2 Å². The average Bonchev–Trinajstić information content (AvgIpc) is 2.85. The zero-order valence-corrected chi connectivity index (χ0v) is 20.0. The molecule has 1 N–H and O–H groups in total. The van der Waals surface area contributed by atoms with E-state index in [-0.39, 0.29) is 29.0 Å². The minimum absolute atomic E-state index is 0.0866. The fraction of sp³-hybridized carbons (Fsp3) is 0.250. The summed E-state index contributed by atoms with van der Waals surface area (Å²) in [5, 5.41) is 3.93. The second-order valence-corrected chi connectivity index (χ2v) is 9.23. The van der Waals surface area contributed by atoms with Crippen LogP contribution in [0.25, 0.3) is 11.0 Å². The number of rotatable bonds is 5. The molecular weight excluding hydrogens is 466 g/mol.